The molecule has 0 spiro atoms. The van der Waals surface area contributed by atoms with Gasteiger partial charge in [-0.25, -0.2) is 8.78 Å². The number of nitrogens with one attached hydrogen (secondary N) is 1. The van der Waals surface area contributed by atoms with E-state index >= 15 is 0 Å². The lowest BCUT2D eigenvalue weighted by molar-refractivity contribution is 0.509. The first-order chi connectivity index (χ1) is 4.74. The van der Waals surface area contributed by atoms with Crippen LogP contribution in [-0.4, -0.2) is 0 Å². The van der Waals surface area contributed by atoms with Gasteiger partial charge < -0.3 is 0 Å². The molecule has 1 N–H and O–H groups in total. The maximum absolute atomic E-state index is 12.3. The van der Waals surface area contributed by atoms with Crippen molar-refractivity contribution in [2.45, 2.75) is 0 Å². The molecule has 1 aromatic rings. The average Bonchev–Trinajstić information content (AvgIpc) is 1.95. The molecule has 0 amide bonds. The zero-order chi connectivity index (χ0) is 7.56. The van der Waals surface area contributed by atoms with Crippen molar-refractivity contribution in [2.24, 2.45) is 0 Å². The third-order valence-corrected chi connectivity index (χ3v) is 1.25. The number of anilines is 1. The second kappa shape index (κ2) is 2.84. The van der Waals surface area contributed by atoms with Crippen molar-refractivity contribution in [3.05, 3.63) is 29.8 Å². The van der Waals surface area contributed by atoms with E-state index in [0.29, 0.717) is 5.69 Å². The molecule has 4 heteroatoms. The van der Waals surface area contributed by atoms with E-state index in [1.807, 2.05) is 0 Å². The first-order valence-electron chi connectivity index (χ1n) is 2.55. The highest BCUT2D eigenvalue weighted by molar-refractivity contribution is 6.23. The summed E-state index contributed by atoms with van der Waals surface area (Å²) in [6, 6.07) is 3.31. The Morgan fingerprint density at radius 2 is 1.90 bits per heavy atom. The Balaban J connectivity index is 3.04. The minimum Gasteiger partial charge on any atom is -0.298 e. The summed E-state index contributed by atoms with van der Waals surface area (Å²) < 4.78 is 24.5. The molecule has 0 aliphatic heterocycles. The standard InChI is InChI=1S/C6H4ClF2N/c7-10-4-1-2-5(8)6(9)3-4/h1-3,10H. The molecular formula is C6H4ClF2N. The topological polar surface area (TPSA) is 12.0 Å². The van der Waals surface area contributed by atoms with Gasteiger partial charge in [-0.2, -0.15) is 0 Å². The van der Waals surface area contributed by atoms with Crippen LogP contribution in [0, 0.1) is 11.6 Å². The number of benzene rings is 1. The molecule has 1 aromatic carbocycles. The van der Waals surface area contributed by atoms with Crippen LogP contribution in [0.1, 0.15) is 0 Å². The van der Waals surface area contributed by atoms with Crippen LogP contribution in [0.15, 0.2) is 18.2 Å². The highest BCUT2D eigenvalue weighted by Gasteiger charge is 1.99. The van der Waals surface area contributed by atoms with Crippen LogP contribution in [0.5, 0.6) is 0 Å². The van der Waals surface area contributed by atoms with E-state index in [1.165, 1.54) is 6.07 Å². The van der Waals surface area contributed by atoms with Gasteiger partial charge in [-0.3, -0.25) is 4.84 Å². The summed E-state index contributed by atoms with van der Waals surface area (Å²) in [7, 11) is 0. The summed E-state index contributed by atoms with van der Waals surface area (Å²) in [4.78, 5) is 2.16. The van der Waals surface area contributed by atoms with E-state index in [2.05, 4.69) is 4.84 Å². The molecule has 10 heavy (non-hydrogen) atoms. The summed E-state index contributed by atoms with van der Waals surface area (Å²) in [5.41, 5.74) is 0.334. The van der Waals surface area contributed by atoms with Gasteiger partial charge in [0.05, 0.1) is 5.69 Å². The quantitative estimate of drug-likeness (QED) is 0.628. The molecule has 0 unspecified atom stereocenters. The Morgan fingerprint density at radius 1 is 1.20 bits per heavy atom. The van der Waals surface area contributed by atoms with Gasteiger partial charge in [0.25, 0.3) is 0 Å². The van der Waals surface area contributed by atoms with Gasteiger partial charge in [0, 0.05) is 17.8 Å². The normalized spacial score (nSPS) is 9.50. The molecule has 0 saturated carbocycles. The summed E-state index contributed by atoms with van der Waals surface area (Å²) >= 11 is 5.11. The van der Waals surface area contributed by atoms with E-state index < -0.39 is 11.6 Å². The Morgan fingerprint density at radius 3 is 2.40 bits per heavy atom. The minimum absolute atomic E-state index is 0.334. The molecule has 0 saturated heterocycles. The van der Waals surface area contributed by atoms with Crippen LogP contribution in [0.25, 0.3) is 0 Å². The Labute approximate surface area is 61.7 Å². The number of hydrogen-bond acceptors (Lipinski definition) is 1. The molecule has 0 fully saturated rings. The van der Waals surface area contributed by atoms with Gasteiger partial charge in [-0.1, -0.05) is 0 Å². The van der Waals surface area contributed by atoms with Crippen LogP contribution in [0.4, 0.5) is 14.5 Å². The second-order valence-electron chi connectivity index (χ2n) is 1.72. The maximum atomic E-state index is 12.3. The molecule has 1 rings (SSSR count). The lowest BCUT2D eigenvalue weighted by Gasteiger charge is -1.96. The van der Waals surface area contributed by atoms with Gasteiger partial charge in [0.15, 0.2) is 11.6 Å². The molecule has 54 valence electrons. The predicted molar refractivity (Wildman–Crippen MR) is 35.8 cm³/mol. The Bertz CT molecular complexity index is 239. The molecule has 0 aromatic heterocycles. The van der Waals surface area contributed by atoms with Crippen LogP contribution in [0.3, 0.4) is 0 Å². The number of halogens is 3. The van der Waals surface area contributed by atoms with E-state index in [1.54, 1.807) is 0 Å². The summed E-state index contributed by atoms with van der Waals surface area (Å²) in [6.07, 6.45) is 0. The van der Waals surface area contributed by atoms with Crippen molar-refractivity contribution >= 4 is 17.5 Å². The van der Waals surface area contributed by atoms with Gasteiger partial charge in [-0.15, -0.1) is 0 Å². The lowest BCUT2D eigenvalue weighted by atomic mass is 10.3. The molecule has 0 heterocycles. The predicted octanol–water partition coefficient (Wildman–Crippen LogP) is 2.53. The fourth-order valence-electron chi connectivity index (χ4n) is 0.555. The van der Waals surface area contributed by atoms with Crippen LogP contribution in [0.2, 0.25) is 0 Å². The van der Waals surface area contributed by atoms with Gasteiger partial charge >= 0.3 is 0 Å². The second-order valence-corrected chi connectivity index (χ2v) is 1.91. The Hall–Kier alpha value is -0.830. The summed E-state index contributed by atoms with van der Waals surface area (Å²) in [5.74, 6) is -1.79. The zero-order valence-corrected chi connectivity index (χ0v) is 5.62. The first-order valence-corrected chi connectivity index (χ1v) is 2.93. The van der Waals surface area contributed by atoms with Crippen LogP contribution in [-0.2, 0) is 0 Å². The van der Waals surface area contributed by atoms with Gasteiger partial charge in [0.2, 0.25) is 0 Å². The average molecular weight is 164 g/mol. The number of rotatable bonds is 1. The monoisotopic (exact) mass is 163 g/mol. The molecule has 0 bridgehead atoms. The molecule has 1 nitrogen and oxygen atoms in total. The zero-order valence-electron chi connectivity index (χ0n) is 4.87. The Kier molecular flexibility index (Phi) is 2.06. The van der Waals surface area contributed by atoms with Gasteiger partial charge in [-0.05, 0) is 12.1 Å². The third-order valence-electron chi connectivity index (χ3n) is 1.03. The minimum atomic E-state index is -0.911. The highest BCUT2D eigenvalue weighted by Crippen LogP contribution is 2.12. The lowest BCUT2D eigenvalue weighted by Crippen LogP contribution is -1.85. The van der Waals surface area contributed by atoms with Crippen molar-refractivity contribution in [3.8, 4) is 0 Å². The molecule has 0 aliphatic carbocycles. The summed E-state index contributed by atoms with van der Waals surface area (Å²) in [6.45, 7) is 0. The third kappa shape index (κ3) is 1.36. The van der Waals surface area contributed by atoms with Gasteiger partial charge in [0.1, 0.15) is 0 Å². The van der Waals surface area contributed by atoms with E-state index in [-0.39, 0.29) is 0 Å². The molecule has 0 aliphatic rings. The highest BCUT2D eigenvalue weighted by atomic mass is 35.5. The molecule has 0 radical (unpaired) electrons. The van der Waals surface area contributed by atoms with Crippen molar-refractivity contribution < 1.29 is 8.78 Å². The SMILES string of the molecule is Fc1ccc(NCl)cc1F. The van der Waals surface area contributed by atoms with Crippen LogP contribution < -0.4 is 4.84 Å². The molecular weight excluding hydrogens is 160 g/mol. The van der Waals surface area contributed by atoms with E-state index in [4.69, 9.17) is 11.8 Å². The first kappa shape index (κ1) is 7.28. The number of hydrogen-bond donors (Lipinski definition) is 1. The van der Waals surface area contributed by atoms with Crippen molar-refractivity contribution in [3.63, 3.8) is 0 Å². The van der Waals surface area contributed by atoms with Crippen molar-refractivity contribution in [1.82, 2.24) is 0 Å². The maximum Gasteiger partial charge on any atom is 0.160 e. The smallest absolute Gasteiger partial charge is 0.160 e. The van der Waals surface area contributed by atoms with Crippen LogP contribution >= 0.6 is 11.8 Å². The van der Waals surface area contributed by atoms with Crippen molar-refractivity contribution in [2.75, 3.05) is 4.84 Å². The largest absolute Gasteiger partial charge is 0.298 e. The fraction of sp³-hybridized carbons (Fsp3) is 0. The fourth-order valence-corrected chi connectivity index (χ4v) is 0.672. The van der Waals surface area contributed by atoms with Crippen molar-refractivity contribution in [1.29, 1.82) is 0 Å². The van der Waals surface area contributed by atoms with E-state index in [0.717, 1.165) is 12.1 Å². The molecule has 0 atom stereocenters. The summed E-state index contributed by atoms with van der Waals surface area (Å²) in [5, 5.41) is 0. The van der Waals surface area contributed by atoms with E-state index in [9.17, 15) is 8.78 Å².